The Balaban J connectivity index is 0.00000220. The minimum absolute atomic E-state index is 0. The van der Waals surface area contributed by atoms with E-state index >= 15 is 0 Å². The zero-order valence-corrected chi connectivity index (χ0v) is 14.0. The number of amides is 1. The Bertz CT molecular complexity index is 485. The van der Waals surface area contributed by atoms with Gasteiger partial charge in [-0.05, 0) is 49.4 Å². The molecule has 0 spiro atoms. The van der Waals surface area contributed by atoms with Gasteiger partial charge >= 0.3 is 0 Å². The highest BCUT2D eigenvalue weighted by Crippen LogP contribution is 2.38. The summed E-state index contributed by atoms with van der Waals surface area (Å²) in [5, 5.41) is 3.65. The number of rotatable bonds is 4. The first kappa shape index (κ1) is 18.3. The Morgan fingerprint density at radius 1 is 1.33 bits per heavy atom. The van der Waals surface area contributed by atoms with Crippen LogP contribution in [0.5, 0.6) is 0 Å². The number of carbonyl (C=O) groups excluding carboxylic acids is 1. The highest BCUT2D eigenvalue weighted by Gasteiger charge is 2.33. The lowest BCUT2D eigenvalue weighted by molar-refractivity contribution is -0.118. The molecule has 0 atom stereocenters. The molecule has 0 saturated heterocycles. The third-order valence-corrected chi connectivity index (χ3v) is 4.83. The quantitative estimate of drug-likeness (QED) is 0.864. The molecule has 0 heterocycles. The van der Waals surface area contributed by atoms with Crippen LogP contribution in [-0.2, 0) is 4.79 Å². The molecule has 21 heavy (non-hydrogen) atoms. The Morgan fingerprint density at radius 3 is 2.62 bits per heavy atom. The molecule has 1 aromatic rings. The van der Waals surface area contributed by atoms with Gasteiger partial charge in [-0.15, -0.1) is 12.4 Å². The van der Waals surface area contributed by atoms with Crippen molar-refractivity contribution < 1.29 is 4.79 Å². The van der Waals surface area contributed by atoms with E-state index in [1.165, 1.54) is 19.3 Å². The average Bonchev–Trinajstić information content (AvgIpc) is 2.45. The van der Waals surface area contributed by atoms with Crippen molar-refractivity contribution in [3.63, 3.8) is 0 Å². The summed E-state index contributed by atoms with van der Waals surface area (Å²) in [6, 6.07) is 5.56. The molecule has 1 aromatic carbocycles. The molecule has 1 aliphatic rings. The summed E-state index contributed by atoms with van der Waals surface area (Å²) in [5.41, 5.74) is 7.63. The van der Waals surface area contributed by atoms with Gasteiger partial charge < -0.3 is 11.1 Å². The predicted molar refractivity (Wildman–Crippen MR) is 91.3 cm³/mol. The number of benzene rings is 1. The van der Waals surface area contributed by atoms with Gasteiger partial charge in [0, 0.05) is 17.1 Å². The maximum atomic E-state index is 12.3. The Morgan fingerprint density at radius 2 is 2.00 bits per heavy atom. The van der Waals surface area contributed by atoms with Gasteiger partial charge in [0.25, 0.3) is 0 Å². The molecule has 5 heteroatoms. The van der Waals surface area contributed by atoms with Crippen molar-refractivity contribution in [2.24, 2.45) is 11.1 Å². The fourth-order valence-electron chi connectivity index (χ4n) is 3.03. The number of halogens is 2. The maximum Gasteiger partial charge on any atom is 0.224 e. The first-order valence-corrected chi connectivity index (χ1v) is 7.69. The standard InChI is InChI=1S/C16H23ClN2O.ClH/c1-12-13(17)6-5-7-14(12)19-15(20)10-16(11-18)8-3-2-4-9-16;/h5-7H,2-4,8-11,18H2,1H3,(H,19,20);1H. The Kier molecular flexibility index (Phi) is 6.98. The van der Waals surface area contributed by atoms with Crippen molar-refractivity contribution in [3.05, 3.63) is 28.8 Å². The first-order valence-electron chi connectivity index (χ1n) is 7.31. The van der Waals surface area contributed by atoms with Gasteiger partial charge in [0.2, 0.25) is 5.91 Å². The molecule has 1 amide bonds. The summed E-state index contributed by atoms with van der Waals surface area (Å²) in [5.74, 6) is 0.0442. The lowest BCUT2D eigenvalue weighted by Crippen LogP contribution is -2.36. The van der Waals surface area contributed by atoms with Crippen LogP contribution in [0.1, 0.15) is 44.1 Å². The van der Waals surface area contributed by atoms with Crippen LogP contribution in [-0.4, -0.2) is 12.5 Å². The molecule has 3 nitrogen and oxygen atoms in total. The predicted octanol–water partition coefficient (Wildman–Crippen LogP) is 4.31. The number of hydrogen-bond donors (Lipinski definition) is 2. The molecular formula is C16H24Cl2N2O. The molecule has 118 valence electrons. The number of nitrogens with one attached hydrogen (secondary N) is 1. The SMILES string of the molecule is Cc1c(Cl)cccc1NC(=O)CC1(CN)CCCCC1.Cl. The van der Waals surface area contributed by atoms with E-state index in [9.17, 15) is 4.79 Å². The van der Waals surface area contributed by atoms with E-state index in [0.717, 1.165) is 24.1 Å². The van der Waals surface area contributed by atoms with Crippen molar-refractivity contribution in [1.29, 1.82) is 0 Å². The van der Waals surface area contributed by atoms with E-state index in [-0.39, 0.29) is 23.7 Å². The van der Waals surface area contributed by atoms with Gasteiger partial charge in [-0.2, -0.15) is 0 Å². The third kappa shape index (κ3) is 4.60. The summed E-state index contributed by atoms with van der Waals surface area (Å²) < 4.78 is 0. The van der Waals surface area contributed by atoms with E-state index in [1.54, 1.807) is 0 Å². The van der Waals surface area contributed by atoms with Crippen LogP contribution in [0.4, 0.5) is 5.69 Å². The van der Waals surface area contributed by atoms with Crippen LogP contribution in [0.15, 0.2) is 18.2 Å². The molecule has 3 N–H and O–H groups in total. The summed E-state index contributed by atoms with van der Waals surface area (Å²) in [4.78, 5) is 12.3. The van der Waals surface area contributed by atoms with E-state index in [1.807, 2.05) is 25.1 Å². The van der Waals surface area contributed by atoms with Gasteiger partial charge in [-0.1, -0.05) is 36.9 Å². The highest BCUT2D eigenvalue weighted by molar-refractivity contribution is 6.31. The summed E-state index contributed by atoms with van der Waals surface area (Å²) in [7, 11) is 0. The fourth-order valence-corrected chi connectivity index (χ4v) is 3.21. The molecule has 0 unspecified atom stereocenters. The number of anilines is 1. The van der Waals surface area contributed by atoms with Crippen molar-refractivity contribution >= 4 is 35.6 Å². The molecule has 1 fully saturated rings. The summed E-state index contributed by atoms with van der Waals surface area (Å²) in [6.45, 7) is 2.51. The van der Waals surface area contributed by atoms with Crippen LogP contribution in [0.3, 0.4) is 0 Å². The fraction of sp³-hybridized carbons (Fsp3) is 0.562. The topological polar surface area (TPSA) is 55.1 Å². The molecule has 1 saturated carbocycles. The smallest absolute Gasteiger partial charge is 0.224 e. The second kappa shape index (κ2) is 8.02. The normalized spacial score (nSPS) is 16.9. The molecule has 0 aromatic heterocycles. The molecule has 1 aliphatic carbocycles. The Hall–Kier alpha value is -0.770. The minimum Gasteiger partial charge on any atom is -0.330 e. The monoisotopic (exact) mass is 330 g/mol. The highest BCUT2D eigenvalue weighted by atomic mass is 35.5. The summed E-state index contributed by atoms with van der Waals surface area (Å²) >= 11 is 6.07. The van der Waals surface area contributed by atoms with Crippen LogP contribution < -0.4 is 11.1 Å². The van der Waals surface area contributed by atoms with E-state index in [2.05, 4.69) is 5.32 Å². The van der Waals surface area contributed by atoms with Gasteiger partial charge in [0.15, 0.2) is 0 Å². The zero-order valence-electron chi connectivity index (χ0n) is 12.5. The zero-order chi connectivity index (χ0) is 14.6. The average molecular weight is 331 g/mol. The second-order valence-corrected chi connectivity index (χ2v) is 6.31. The van der Waals surface area contributed by atoms with Gasteiger partial charge in [0.05, 0.1) is 0 Å². The molecule has 0 radical (unpaired) electrons. The molecule has 0 bridgehead atoms. The lowest BCUT2D eigenvalue weighted by atomic mass is 9.71. The van der Waals surface area contributed by atoms with Crippen molar-refractivity contribution in [3.8, 4) is 0 Å². The lowest BCUT2D eigenvalue weighted by Gasteiger charge is -2.35. The van der Waals surface area contributed by atoms with Crippen LogP contribution in [0.2, 0.25) is 5.02 Å². The van der Waals surface area contributed by atoms with E-state index < -0.39 is 0 Å². The van der Waals surface area contributed by atoms with Gasteiger partial charge in [0.1, 0.15) is 0 Å². The molecule has 2 rings (SSSR count). The van der Waals surface area contributed by atoms with E-state index in [0.29, 0.717) is 18.0 Å². The van der Waals surface area contributed by atoms with Crippen LogP contribution >= 0.6 is 24.0 Å². The van der Waals surface area contributed by atoms with Crippen LogP contribution in [0.25, 0.3) is 0 Å². The number of carbonyl (C=O) groups is 1. The third-order valence-electron chi connectivity index (χ3n) is 4.42. The molecule has 0 aliphatic heterocycles. The Labute approximate surface area is 138 Å². The number of nitrogens with two attached hydrogens (primary N) is 1. The van der Waals surface area contributed by atoms with Crippen molar-refractivity contribution in [2.75, 3.05) is 11.9 Å². The van der Waals surface area contributed by atoms with Gasteiger partial charge in [-0.3, -0.25) is 4.79 Å². The second-order valence-electron chi connectivity index (χ2n) is 5.90. The summed E-state index contributed by atoms with van der Waals surface area (Å²) in [6.07, 6.45) is 6.25. The van der Waals surface area contributed by atoms with E-state index in [4.69, 9.17) is 17.3 Å². The van der Waals surface area contributed by atoms with Gasteiger partial charge in [-0.25, -0.2) is 0 Å². The largest absolute Gasteiger partial charge is 0.330 e. The number of hydrogen-bond acceptors (Lipinski definition) is 2. The van der Waals surface area contributed by atoms with Crippen molar-refractivity contribution in [1.82, 2.24) is 0 Å². The maximum absolute atomic E-state index is 12.3. The van der Waals surface area contributed by atoms with Crippen molar-refractivity contribution in [2.45, 2.75) is 45.4 Å². The minimum atomic E-state index is -0.00515. The molecular weight excluding hydrogens is 307 g/mol. The first-order chi connectivity index (χ1) is 9.56. The van der Waals surface area contributed by atoms with Crippen LogP contribution in [0, 0.1) is 12.3 Å².